The summed E-state index contributed by atoms with van der Waals surface area (Å²) in [6, 6.07) is 22.5. The van der Waals surface area contributed by atoms with Gasteiger partial charge in [0.05, 0.1) is 5.56 Å². The fraction of sp³-hybridized carbons (Fsp3) is 0.258. The van der Waals surface area contributed by atoms with Crippen molar-refractivity contribution in [3.05, 3.63) is 115 Å². The third-order valence-corrected chi connectivity index (χ3v) is 12.4. The van der Waals surface area contributed by atoms with Gasteiger partial charge in [-0.1, -0.05) is 79.9 Å². The van der Waals surface area contributed by atoms with E-state index in [9.17, 15) is 13.2 Å². The van der Waals surface area contributed by atoms with Crippen molar-refractivity contribution in [2.24, 2.45) is 11.8 Å². The van der Waals surface area contributed by atoms with E-state index >= 15 is 0 Å². The Morgan fingerprint density at radius 1 is 0.875 bits per heavy atom. The summed E-state index contributed by atoms with van der Waals surface area (Å²) >= 11 is -0.556. The van der Waals surface area contributed by atoms with Crippen LogP contribution in [-0.2, 0) is 23.2 Å². The number of nitrogens with zero attached hydrogens (tertiary/aromatic N) is 2. The molecule has 3 atom stereocenters. The third kappa shape index (κ3) is 5.84. The number of anilines is 2. The standard InChI is InChI=1S/C30H28F3N2Si.CH3.2ClH.Ti/c1-36(2,35-27-12-5-3-10-25(27)34-26-11-4-6-13-28(26)35)29-19-18-23-22(8-7-9-24(23)29)20-14-16-21(17-15-20)30(31,32)33;;;;/h3-17,23-24,29H,18-19H2,1-2H3;1H3;2*1H;/q2*-1;;;+2/p-2/t23-,24+,29?;;;;/m1..../s1. The summed E-state index contributed by atoms with van der Waals surface area (Å²) in [5.41, 5.74) is 6.33. The number of para-hydroxylation sites is 4. The minimum atomic E-state index is -4.32. The number of fused-ring (bicyclic) bond motifs is 3. The van der Waals surface area contributed by atoms with Gasteiger partial charge in [0.2, 0.25) is 0 Å². The average Bonchev–Trinajstić information content (AvgIpc) is 3.37. The van der Waals surface area contributed by atoms with E-state index in [4.69, 9.17) is 23.9 Å². The molecule has 6 rings (SSSR count). The van der Waals surface area contributed by atoms with Gasteiger partial charge in [0.15, 0.2) is 8.24 Å². The van der Waals surface area contributed by atoms with Gasteiger partial charge >= 0.3 is 41.8 Å². The Balaban J connectivity index is 0.000000886. The summed E-state index contributed by atoms with van der Waals surface area (Å²) in [5.74, 6) is 0.690. The molecule has 3 aromatic rings. The van der Waals surface area contributed by atoms with Crippen LogP contribution in [0.5, 0.6) is 0 Å². The molecule has 2 aliphatic carbocycles. The van der Waals surface area contributed by atoms with E-state index in [0.29, 0.717) is 17.4 Å². The molecule has 1 heterocycles. The Kier molecular flexibility index (Phi) is 9.68. The second kappa shape index (κ2) is 12.5. The van der Waals surface area contributed by atoms with Crippen molar-refractivity contribution >= 4 is 55.2 Å². The van der Waals surface area contributed by atoms with E-state index in [0.717, 1.165) is 35.4 Å². The number of hydrogen-bond acceptors (Lipinski definition) is 1. The number of hydrogen-bond donors (Lipinski definition) is 0. The predicted octanol–water partition coefficient (Wildman–Crippen LogP) is 11.6. The molecule has 0 radical (unpaired) electrons. The van der Waals surface area contributed by atoms with Crippen LogP contribution in [0.2, 0.25) is 18.6 Å². The summed E-state index contributed by atoms with van der Waals surface area (Å²) < 4.78 is 41.9. The second-order valence-electron chi connectivity index (χ2n) is 10.6. The van der Waals surface area contributed by atoms with Crippen molar-refractivity contribution in [3.63, 3.8) is 0 Å². The van der Waals surface area contributed by atoms with Crippen LogP contribution in [0.25, 0.3) is 10.9 Å². The number of benzene rings is 3. The van der Waals surface area contributed by atoms with E-state index in [1.165, 1.54) is 23.5 Å². The first-order valence-corrected chi connectivity index (χ1v) is 20.2. The van der Waals surface area contributed by atoms with Crippen molar-refractivity contribution in [3.8, 4) is 0 Å². The van der Waals surface area contributed by atoms with Crippen LogP contribution in [0.15, 0.2) is 91.0 Å². The van der Waals surface area contributed by atoms with Crippen LogP contribution >= 0.6 is 18.6 Å². The molecule has 2 nitrogen and oxygen atoms in total. The molecule has 0 bridgehead atoms. The molecular formula is C31H31Cl2F3N2SiTi-2. The molecule has 9 heteroatoms. The van der Waals surface area contributed by atoms with Crippen molar-refractivity contribution < 1.29 is 30.2 Å². The first kappa shape index (κ1) is 31.0. The molecule has 0 spiro atoms. The zero-order valence-corrected chi connectivity index (χ0v) is 26.7. The van der Waals surface area contributed by atoms with Gasteiger partial charge in [-0.25, -0.2) is 0 Å². The van der Waals surface area contributed by atoms with E-state index in [1.807, 2.05) is 12.1 Å². The van der Waals surface area contributed by atoms with Gasteiger partial charge in [0.25, 0.3) is 0 Å². The molecule has 210 valence electrons. The molecule has 1 unspecified atom stereocenters. The van der Waals surface area contributed by atoms with Crippen LogP contribution in [0.4, 0.5) is 35.9 Å². The molecule has 0 saturated heterocycles. The molecule has 0 amide bonds. The third-order valence-electron chi connectivity index (χ3n) is 8.24. The molecule has 1 saturated carbocycles. The quantitative estimate of drug-likeness (QED) is 0.207. The Morgan fingerprint density at radius 2 is 1.43 bits per heavy atom. The molecule has 3 aliphatic rings. The van der Waals surface area contributed by atoms with Gasteiger partial charge in [0, 0.05) is 11.4 Å². The molecule has 1 aliphatic heterocycles. The van der Waals surface area contributed by atoms with E-state index < -0.39 is 37.0 Å². The summed E-state index contributed by atoms with van der Waals surface area (Å²) in [7, 11) is 7.68. The molecule has 0 aromatic heterocycles. The number of rotatable bonds is 3. The number of alkyl halides is 3. The zero-order valence-electron chi connectivity index (χ0n) is 22.6. The summed E-state index contributed by atoms with van der Waals surface area (Å²) in [4.78, 5) is 0. The SMILES string of the molecule is C[Si](C)(C1CC[C@@H]2C(c3ccc(C(F)(F)F)cc3)=CC=C[C@H]12)N1c2ccccc2[N-]c2ccccc21.[CH3-].[Cl][Ti][Cl]. The summed E-state index contributed by atoms with van der Waals surface area (Å²) in [6.07, 6.45) is 4.40. The van der Waals surface area contributed by atoms with Crippen LogP contribution in [-0.4, -0.2) is 8.24 Å². The van der Waals surface area contributed by atoms with Gasteiger partial charge in [-0.15, -0.1) is 11.4 Å². The molecule has 1 fully saturated rings. The van der Waals surface area contributed by atoms with Crippen molar-refractivity contribution in [1.29, 1.82) is 0 Å². The summed E-state index contributed by atoms with van der Waals surface area (Å²) in [5, 5.41) is 4.93. The zero-order chi connectivity index (χ0) is 27.8. The van der Waals surface area contributed by atoms with Crippen molar-refractivity contribution in [2.45, 2.75) is 37.7 Å². The fourth-order valence-corrected chi connectivity index (χ4v) is 10.7. The normalized spacial score (nSPS) is 20.9. The van der Waals surface area contributed by atoms with Gasteiger partial charge in [-0.2, -0.15) is 13.2 Å². The van der Waals surface area contributed by atoms with Crippen LogP contribution in [0.3, 0.4) is 0 Å². The van der Waals surface area contributed by atoms with Crippen molar-refractivity contribution in [1.82, 2.24) is 0 Å². The first-order valence-electron chi connectivity index (χ1n) is 12.9. The van der Waals surface area contributed by atoms with Gasteiger partial charge in [-0.3, -0.25) is 0 Å². The predicted molar refractivity (Wildman–Crippen MR) is 162 cm³/mol. The average molecular weight is 635 g/mol. The molecule has 40 heavy (non-hydrogen) atoms. The van der Waals surface area contributed by atoms with Gasteiger partial charge < -0.3 is 17.3 Å². The van der Waals surface area contributed by atoms with E-state index in [2.05, 4.69) is 72.3 Å². The van der Waals surface area contributed by atoms with Gasteiger partial charge in [-0.05, 0) is 65.6 Å². The number of allylic oxidation sites excluding steroid dienone is 4. The van der Waals surface area contributed by atoms with Crippen molar-refractivity contribution in [2.75, 3.05) is 4.57 Å². The summed E-state index contributed by atoms with van der Waals surface area (Å²) in [6.45, 7) is 4.92. The Hall–Kier alpha value is -1.96. The maximum atomic E-state index is 13.1. The van der Waals surface area contributed by atoms with Gasteiger partial charge in [0.1, 0.15) is 0 Å². The minimum absolute atomic E-state index is 0. The van der Waals surface area contributed by atoms with Crippen LogP contribution in [0, 0.1) is 19.3 Å². The molecule has 3 aromatic carbocycles. The molecule has 0 N–H and O–H groups in total. The Bertz CT molecular complexity index is 1350. The molecular weight excluding hydrogens is 604 g/mol. The van der Waals surface area contributed by atoms with Crippen LogP contribution < -0.4 is 4.57 Å². The maximum absolute atomic E-state index is 13.1. The van der Waals surface area contributed by atoms with E-state index in [1.54, 1.807) is 12.1 Å². The number of halogens is 5. The van der Waals surface area contributed by atoms with E-state index in [-0.39, 0.29) is 7.43 Å². The first-order chi connectivity index (χ1) is 18.7. The monoisotopic (exact) mass is 634 g/mol. The fourth-order valence-electron chi connectivity index (χ4n) is 6.59. The Labute approximate surface area is 253 Å². The Morgan fingerprint density at radius 3 is 1.98 bits per heavy atom. The van der Waals surface area contributed by atoms with Crippen LogP contribution in [0.1, 0.15) is 24.0 Å². The second-order valence-corrected chi connectivity index (χ2v) is 17.7. The topological polar surface area (TPSA) is 17.3 Å².